The zero-order valence-electron chi connectivity index (χ0n) is 16.8. The molecular formula is C27H24O2S. The van der Waals surface area contributed by atoms with Crippen molar-refractivity contribution in [3.8, 4) is 0 Å². The van der Waals surface area contributed by atoms with Crippen molar-refractivity contribution in [2.24, 2.45) is 0 Å². The summed E-state index contributed by atoms with van der Waals surface area (Å²) in [5, 5.41) is -0.385. The van der Waals surface area contributed by atoms with Gasteiger partial charge < -0.3 is 0 Å². The molecular weight excluding hydrogens is 388 g/mol. The van der Waals surface area contributed by atoms with Crippen LogP contribution < -0.4 is 0 Å². The highest BCUT2D eigenvalue weighted by Gasteiger charge is 2.50. The summed E-state index contributed by atoms with van der Waals surface area (Å²) in [5.41, 5.74) is 8.36. The van der Waals surface area contributed by atoms with Crippen molar-refractivity contribution in [1.29, 1.82) is 0 Å². The number of rotatable bonds is 2. The second kappa shape index (κ2) is 5.85. The Hall–Kier alpha value is -2.39. The Morgan fingerprint density at radius 3 is 2.00 bits per heavy atom. The normalized spacial score (nSPS) is 30.1. The molecule has 0 aliphatic heterocycles. The van der Waals surface area contributed by atoms with Crippen LogP contribution in [0.2, 0.25) is 0 Å². The minimum absolute atomic E-state index is 0.0594. The lowest BCUT2D eigenvalue weighted by atomic mass is 9.62. The lowest BCUT2D eigenvalue weighted by Crippen LogP contribution is -2.40. The third kappa shape index (κ3) is 2.12. The predicted molar refractivity (Wildman–Crippen MR) is 118 cm³/mol. The molecule has 5 aliphatic carbocycles. The highest BCUT2D eigenvalue weighted by molar-refractivity contribution is 7.92. The molecule has 150 valence electrons. The van der Waals surface area contributed by atoms with Gasteiger partial charge in [0.05, 0.1) is 10.1 Å². The van der Waals surface area contributed by atoms with Crippen LogP contribution in [-0.2, 0) is 9.84 Å². The van der Waals surface area contributed by atoms with Crippen LogP contribution in [0.5, 0.6) is 0 Å². The van der Waals surface area contributed by atoms with E-state index in [1.807, 2.05) is 18.2 Å². The maximum Gasteiger partial charge on any atom is 0.182 e. The molecule has 5 atom stereocenters. The molecule has 0 amide bonds. The molecule has 0 saturated heterocycles. The van der Waals surface area contributed by atoms with Crippen molar-refractivity contribution in [1.82, 2.24) is 0 Å². The number of benzene rings is 3. The molecule has 3 aromatic rings. The average Bonchev–Trinajstić information content (AvgIpc) is 3.41. The monoisotopic (exact) mass is 412 g/mol. The van der Waals surface area contributed by atoms with Gasteiger partial charge in [0.1, 0.15) is 0 Å². The zero-order valence-corrected chi connectivity index (χ0v) is 17.6. The zero-order chi connectivity index (χ0) is 20.0. The Balaban J connectivity index is 1.45. The van der Waals surface area contributed by atoms with E-state index in [0.717, 1.165) is 5.92 Å². The van der Waals surface area contributed by atoms with Crippen molar-refractivity contribution in [3.63, 3.8) is 0 Å². The van der Waals surface area contributed by atoms with Gasteiger partial charge in [-0.25, -0.2) is 8.42 Å². The Morgan fingerprint density at radius 2 is 1.27 bits per heavy atom. The minimum Gasteiger partial charge on any atom is -0.223 e. The molecule has 0 spiro atoms. The molecule has 0 aromatic heterocycles. The van der Waals surface area contributed by atoms with E-state index in [-0.39, 0.29) is 17.1 Å². The van der Waals surface area contributed by atoms with E-state index in [0.29, 0.717) is 17.2 Å². The van der Waals surface area contributed by atoms with Gasteiger partial charge in [0, 0.05) is 11.8 Å². The van der Waals surface area contributed by atoms with Crippen LogP contribution in [0.4, 0.5) is 0 Å². The van der Waals surface area contributed by atoms with Gasteiger partial charge in [-0.15, -0.1) is 0 Å². The van der Waals surface area contributed by atoms with E-state index < -0.39 is 9.84 Å². The fourth-order valence-corrected chi connectivity index (χ4v) is 9.04. The van der Waals surface area contributed by atoms with Crippen molar-refractivity contribution in [2.75, 3.05) is 0 Å². The summed E-state index contributed by atoms with van der Waals surface area (Å²) >= 11 is 0. The summed E-state index contributed by atoms with van der Waals surface area (Å²) in [5.74, 6) is 1.55. The second-order valence-corrected chi connectivity index (χ2v) is 11.8. The van der Waals surface area contributed by atoms with Gasteiger partial charge in [0.15, 0.2) is 9.84 Å². The first-order valence-corrected chi connectivity index (χ1v) is 12.7. The van der Waals surface area contributed by atoms with Crippen molar-refractivity contribution >= 4 is 9.84 Å². The number of fused-ring (bicyclic) bond motifs is 6. The molecule has 0 heterocycles. The molecule has 5 unspecified atom stereocenters. The SMILES string of the molecule is O=S(=O)(c1ccccc1)C1CC2c3ccccc3C1c1cc3c(cc12)C1CCC3C1. The molecule has 3 heteroatoms. The summed E-state index contributed by atoms with van der Waals surface area (Å²) < 4.78 is 27.5. The highest BCUT2D eigenvalue weighted by Crippen LogP contribution is 2.60. The topological polar surface area (TPSA) is 34.1 Å². The summed E-state index contributed by atoms with van der Waals surface area (Å²) in [6, 6.07) is 22.5. The van der Waals surface area contributed by atoms with Gasteiger partial charge in [-0.05, 0) is 83.0 Å². The highest BCUT2D eigenvalue weighted by atomic mass is 32.2. The molecule has 0 radical (unpaired) electrons. The third-order valence-electron chi connectivity index (χ3n) is 8.33. The van der Waals surface area contributed by atoms with Crippen LogP contribution in [0.3, 0.4) is 0 Å². The largest absolute Gasteiger partial charge is 0.223 e. The molecule has 1 saturated carbocycles. The second-order valence-electron chi connectivity index (χ2n) is 9.61. The lowest BCUT2D eigenvalue weighted by molar-refractivity contribution is 0.491. The first kappa shape index (κ1) is 17.3. The Labute approximate surface area is 177 Å². The van der Waals surface area contributed by atoms with Crippen LogP contribution in [0.1, 0.15) is 82.7 Å². The van der Waals surface area contributed by atoms with E-state index in [1.165, 1.54) is 47.1 Å². The van der Waals surface area contributed by atoms with Gasteiger partial charge >= 0.3 is 0 Å². The Morgan fingerprint density at radius 1 is 0.633 bits per heavy atom. The van der Waals surface area contributed by atoms with E-state index in [4.69, 9.17) is 0 Å². The smallest absolute Gasteiger partial charge is 0.182 e. The van der Waals surface area contributed by atoms with Crippen molar-refractivity contribution in [3.05, 3.63) is 100 Å². The minimum atomic E-state index is -3.40. The summed E-state index contributed by atoms with van der Waals surface area (Å²) in [6.45, 7) is 0. The van der Waals surface area contributed by atoms with Crippen LogP contribution >= 0.6 is 0 Å². The van der Waals surface area contributed by atoms with Crippen LogP contribution in [0, 0.1) is 0 Å². The van der Waals surface area contributed by atoms with Gasteiger partial charge in [0.25, 0.3) is 0 Å². The van der Waals surface area contributed by atoms with Gasteiger partial charge in [-0.1, -0.05) is 54.6 Å². The third-order valence-corrected chi connectivity index (χ3v) is 10.5. The van der Waals surface area contributed by atoms with E-state index in [2.05, 4.69) is 36.4 Å². The molecule has 0 N–H and O–H groups in total. The van der Waals surface area contributed by atoms with Crippen LogP contribution in [0.15, 0.2) is 71.6 Å². The van der Waals surface area contributed by atoms with Crippen LogP contribution in [-0.4, -0.2) is 13.7 Å². The molecule has 8 rings (SSSR count). The maximum atomic E-state index is 13.8. The first-order valence-electron chi connectivity index (χ1n) is 11.2. The average molecular weight is 413 g/mol. The van der Waals surface area contributed by atoms with Crippen molar-refractivity contribution in [2.45, 2.75) is 59.5 Å². The molecule has 30 heavy (non-hydrogen) atoms. The fraction of sp³-hybridized carbons (Fsp3) is 0.333. The van der Waals surface area contributed by atoms with Crippen molar-refractivity contribution < 1.29 is 8.42 Å². The van der Waals surface area contributed by atoms with Gasteiger partial charge in [-0.2, -0.15) is 0 Å². The summed E-state index contributed by atoms with van der Waals surface area (Å²) in [7, 11) is -3.40. The molecule has 1 fully saturated rings. The molecule has 5 aliphatic rings. The number of hydrogen-bond acceptors (Lipinski definition) is 2. The Kier molecular flexibility index (Phi) is 3.38. The predicted octanol–water partition coefficient (Wildman–Crippen LogP) is 5.87. The summed E-state index contributed by atoms with van der Waals surface area (Å²) in [6.07, 6.45) is 4.62. The first-order chi connectivity index (χ1) is 14.6. The quantitative estimate of drug-likeness (QED) is 0.527. The number of hydrogen-bond donors (Lipinski definition) is 0. The van der Waals surface area contributed by atoms with Crippen LogP contribution in [0.25, 0.3) is 0 Å². The fourth-order valence-electron chi connectivity index (χ4n) is 7.05. The summed E-state index contributed by atoms with van der Waals surface area (Å²) in [4.78, 5) is 0.460. The van der Waals surface area contributed by atoms with Gasteiger partial charge in [0.2, 0.25) is 0 Å². The van der Waals surface area contributed by atoms with E-state index in [1.54, 1.807) is 17.7 Å². The lowest BCUT2D eigenvalue weighted by Gasteiger charge is -2.45. The maximum absolute atomic E-state index is 13.8. The Bertz CT molecular complexity index is 1290. The number of sulfone groups is 1. The molecule has 4 bridgehead atoms. The van der Waals surface area contributed by atoms with E-state index >= 15 is 0 Å². The van der Waals surface area contributed by atoms with E-state index in [9.17, 15) is 8.42 Å². The standard InChI is InChI=1S/C27H24O2S/c28-30(29,18-6-2-1-3-7-18)26-15-24-19-8-4-5-9-20(19)27(26)25-14-22-17-11-10-16(12-17)21(22)13-23(24)25/h1-9,13-14,16-17,24,26-27H,10-12,15H2. The molecule has 2 nitrogen and oxygen atoms in total. The molecule has 3 aromatic carbocycles. The van der Waals surface area contributed by atoms with Gasteiger partial charge in [-0.3, -0.25) is 0 Å².